The van der Waals surface area contributed by atoms with Crippen LogP contribution in [0.5, 0.6) is 0 Å². The first-order chi connectivity index (χ1) is 6.93. The summed E-state index contributed by atoms with van der Waals surface area (Å²) in [6, 6.07) is 0.0732. The van der Waals surface area contributed by atoms with Crippen molar-refractivity contribution in [3.63, 3.8) is 0 Å². The number of aliphatic hydroxyl groups excluding tert-OH is 1. The largest absolute Gasteiger partial charge is 0.449 e. The van der Waals surface area contributed by atoms with Gasteiger partial charge in [0.25, 0.3) is 0 Å². The maximum Gasteiger partial charge on any atom is 0.407 e. The quantitative estimate of drug-likeness (QED) is 0.714. The molecule has 0 aromatic rings. The molecule has 0 aliphatic heterocycles. The Hall–Kier alpha value is -0.770. The molecular weight excluding hydrogens is 194 g/mol. The molecule has 0 saturated heterocycles. The van der Waals surface area contributed by atoms with Gasteiger partial charge >= 0.3 is 6.09 Å². The van der Waals surface area contributed by atoms with Crippen LogP contribution in [-0.4, -0.2) is 30.5 Å². The van der Waals surface area contributed by atoms with E-state index in [0.717, 1.165) is 12.8 Å². The van der Waals surface area contributed by atoms with E-state index in [9.17, 15) is 9.90 Å². The summed E-state index contributed by atoms with van der Waals surface area (Å²) < 4.78 is 5.05. The van der Waals surface area contributed by atoms with Crippen molar-refractivity contribution in [2.45, 2.75) is 46.6 Å². The molecule has 4 nitrogen and oxygen atoms in total. The van der Waals surface area contributed by atoms with Crippen LogP contribution in [0.1, 0.15) is 40.5 Å². The van der Waals surface area contributed by atoms with Gasteiger partial charge in [-0.1, -0.05) is 20.3 Å². The molecule has 2 N–H and O–H groups in total. The van der Waals surface area contributed by atoms with Crippen LogP contribution in [0.2, 0.25) is 0 Å². The van der Waals surface area contributed by atoms with E-state index >= 15 is 0 Å². The second-order valence-electron chi connectivity index (χ2n) is 4.59. The zero-order chi connectivity index (χ0) is 11.9. The summed E-state index contributed by atoms with van der Waals surface area (Å²) in [5.74, 6) is 0. The van der Waals surface area contributed by atoms with Crippen molar-refractivity contribution < 1.29 is 14.6 Å². The molecular formula is C11H23NO3. The number of hydrogen-bond acceptors (Lipinski definition) is 3. The third-order valence-corrected chi connectivity index (χ3v) is 2.19. The van der Waals surface area contributed by atoms with E-state index in [-0.39, 0.29) is 24.7 Å². The predicted octanol–water partition coefficient (Wildman–Crippen LogP) is 1.92. The summed E-state index contributed by atoms with van der Waals surface area (Å²) in [6.07, 6.45) is 1.39. The molecule has 4 heteroatoms. The third-order valence-electron chi connectivity index (χ3n) is 2.19. The van der Waals surface area contributed by atoms with E-state index in [1.807, 2.05) is 27.7 Å². The normalized spacial score (nSPS) is 14.8. The van der Waals surface area contributed by atoms with Gasteiger partial charge in [-0.15, -0.1) is 0 Å². The van der Waals surface area contributed by atoms with Gasteiger partial charge in [0.1, 0.15) is 6.61 Å². The van der Waals surface area contributed by atoms with E-state index in [0.29, 0.717) is 0 Å². The Morgan fingerprint density at radius 3 is 2.53 bits per heavy atom. The van der Waals surface area contributed by atoms with E-state index in [2.05, 4.69) is 5.32 Å². The van der Waals surface area contributed by atoms with Gasteiger partial charge < -0.3 is 15.2 Å². The van der Waals surface area contributed by atoms with E-state index in [4.69, 9.17) is 4.74 Å². The number of rotatable bonds is 6. The van der Waals surface area contributed by atoms with Gasteiger partial charge in [-0.3, -0.25) is 0 Å². The van der Waals surface area contributed by atoms with Crippen LogP contribution in [0.3, 0.4) is 0 Å². The standard InChI is InChI=1S/C11H23NO3/c1-5-6-11(4,7-13)8-15-10(14)12-9(2)3/h9,13H,5-8H2,1-4H3,(H,12,14)/t11-/m1/s1. The molecule has 1 amide bonds. The number of hydrogen-bond donors (Lipinski definition) is 2. The lowest BCUT2D eigenvalue weighted by Gasteiger charge is -2.26. The molecule has 0 aliphatic carbocycles. The molecule has 1 atom stereocenters. The molecule has 0 heterocycles. The topological polar surface area (TPSA) is 58.6 Å². The van der Waals surface area contributed by atoms with Crippen LogP contribution in [-0.2, 0) is 4.74 Å². The minimum Gasteiger partial charge on any atom is -0.449 e. The van der Waals surface area contributed by atoms with E-state index in [1.54, 1.807) is 0 Å². The number of carbonyl (C=O) groups excluding carboxylic acids is 1. The van der Waals surface area contributed by atoms with Gasteiger partial charge in [0.05, 0.1) is 6.61 Å². The van der Waals surface area contributed by atoms with Gasteiger partial charge in [-0.2, -0.15) is 0 Å². The summed E-state index contributed by atoms with van der Waals surface area (Å²) in [4.78, 5) is 11.2. The van der Waals surface area contributed by atoms with Crippen LogP contribution in [0, 0.1) is 5.41 Å². The summed E-state index contributed by atoms with van der Waals surface area (Å²) in [5.41, 5.74) is -0.316. The van der Waals surface area contributed by atoms with Gasteiger partial charge in [-0.25, -0.2) is 4.79 Å². The van der Waals surface area contributed by atoms with Crippen LogP contribution >= 0.6 is 0 Å². The molecule has 0 aromatic carbocycles. The highest BCUT2D eigenvalue weighted by atomic mass is 16.5. The monoisotopic (exact) mass is 217 g/mol. The lowest BCUT2D eigenvalue weighted by molar-refractivity contribution is 0.0427. The lowest BCUT2D eigenvalue weighted by atomic mass is 9.88. The first-order valence-electron chi connectivity index (χ1n) is 5.47. The van der Waals surface area contributed by atoms with Crippen LogP contribution < -0.4 is 5.32 Å². The molecule has 0 aromatic heterocycles. The van der Waals surface area contributed by atoms with Crippen LogP contribution in [0.25, 0.3) is 0 Å². The van der Waals surface area contributed by atoms with Gasteiger partial charge in [0.15, 0.2) is 0 Å². The zero-order valence-corrected chi connectivity index (χ0v) is 10.2. The zero-order valence-electron chi connectivity index (χ0n) is 10.2. The molecule has 0 rings (SSSR count). The minimum atomic E-state index is -0.416. The lowest BCUT2D eigenvalue weighted by Crippen LogP contribution is -2.35. The summed E-state index contributed by atoms with van der Waals surface area (Å²) in [7, 11) is 0. The van der Waals surface area contributed by atoms with Crippen molar-refractivity contribution in [3.8, 4) is 0 Å². The van der Waals surface area contributed by atoms with Crippen molar-refractivity contribution in [2.75, 3.05) is 13.2 Å². The van der Waals surface area contributed by atoms with Crippen molar-refractivity contribution in [2.24, 2.45) is 5.41 Å². The number of ether oxygens (including phenoxy) is 1. The van der Waals surface area contributed by atoms with Gasteiger partial charge in [0.2, 0.25) is 0 Å². The Labute approximate surface area is 92.0 Å². The second kappa shape index (κ2) is 6.67. The van der Waals surface area contributed by atoms with Gasteiger partial charge in [0, 0.05) is 11.5 Å². The Morgan fingerprint density at radius 2 is 2.13 bits per heavy atom. The number of nitrogens with one attached hydrogen (secondary N) is 1. The molecule has 0 fully saturated rings. The Morgan fingerprint density at radius 1 is 1.53 bits per heavy atom. The molecule has 0 unspecified atom stereocenters. The molecule has 90 valence electrons. The highest BCUT2D eigenvalue weighted by molar-refractivity contribution is 5.67. The molecule has 0 radical (unpaired) electrons. The Kier molecular flexibility index (Phi) is 6.32. The second-order valence-corrected chi connectivity index (χ2v) is 4.59. The van der Waals surface area contributed by atoms with E-state index in [1.165, 1.54) is 0 Å². The molecule has 0 saturated carbocycles. The highest BCUT2D eigenvalue weighted by Gasteiger charge is 2.24. The number of alkyl carbamates (subject to hydrolysis) is 1. The third kappa shape index (κ3) is 6.33. The average molecular weight is 217 g/mol. The maximum absolute atomic E-state index is 11.2. The van der Waals surface area contributed by atoms with Crippen molar-refractivity contribution in [1.82, 2.24) is 5.32 Å². The highest BCUT2D eigenvalue weighted by Crippen LogP contribution is 2.22. The first kappa shape index (κ1) is 14.2. The Bertz CT molecular complexity index is 194. The summed E-state index contributed by atoms with van der Waals surface area (Å²) >= 11 is 0. The number of amides is 1. The number of aliphatic hydroxyl groups is 1. The first-order valence-corrected chi connectivity index (χ1v) is 5.47. The minimum absolute atomic E-state index is 0.0375. The summed E-state index contributed by atoms with van der Waals surface area (Å²) in [5, 5.41) is 11.8. The van der Waals surface area contributed by atoms with Crippen molar-refractivity contribution in [3.05, 3.63) is 0 Å². The van der Waals surface area contributed by atoms with Crippen LogP contribution in [0.4, 0.5) is 4.79 Å². The fourth-order valence-corrected chi connectivity index (χ4v) is 1.32. The van der Waals surface area contributed by atoms with Crippen molar-refractivity contribution >= 4 is 6.09 Å². The number of carbonyl (C=O) groups is 1. The fourth-order valence-electron chi connectivity index (χ4n) is 1.32. The van der Waals surface area contributed by atoms with Gasteiger partial charge in [-0.05, 0) is 20.3 Å². The predicted molar refractivity (Wildman–Crippen MR) is 59.7 cm³/mol. The smallest absolute Gasteiger partial charge is 0.407 e. The SMILES string of the molecule is CCC[C@](C)(CO)COC(=O)NC(C)C. The fraction of sp³-hybridized carbons (Fsp3) is 0.909. The molecule has 0 bridgehead atoms. The molecule has 0 spiro atoms. The molecule has 15 heavy (non-hydrogen) atoms. The maximum atomic E-state index is 11.2. The van der Waals surface area contributed by atoms with E-state index < -0.39 is 6.09 Å². The average Bonchev–Trinajstić information content (AvgIpc) is 2.14. The Balaban J connectivity index is 3.94. The summed E-state index contributed by atoms with van der Waals surface area (Å²) in [6.45, 7) is 8.00. The van der Waals surface area contributed by atoms with Crippen molar-refractivity contribution in [1.29, 1.82) is 0 Å². The molecule has 0 aliphatic rings. The van der Waals surface area contributed by atoms with Crippen LogP contribution in [0.15, 0.2) is 0 Å².